The predicted molar refractivity (Wildman–Crippen MR) is 144 cm³/mol. The van der Waals surface area contributed by atoms with Gasteiger partial charge in [0.05, 0.1) is 18.5 Å². The Balaban J connectivity index is 2.13. The van der Waals surface area contributed by atoms with Crippen LogP contribution in [0, 0.1) is 11.8 Å². The standard InChI is InChI=1S/C26H43N7O7/c1-13(2)9-17(22(35)31-18(26(39)40)10-16-11-28-12-29-16)30-24(37)21(15(5)34)32-23(36)19-7-6-8-33(19)25(38)20(27)14(3)4/h11-15,17-21,34H,6-10,27H2,1-5H3,(H,28,29)(H,30,37)(H,31,35)(H,32,36)(H,39,40)/t15-,17+,18+,19+,20+,21+/m1/s1. The van der Waals surface area contributed by atoms with Gasteiger partial charge in [0.15, 0.2) is 0 Å². The van der Waals surface area contributed by atoms with Crippen molar-refractivity contribution in [2.75, 3.05) is 6.54 Å². The van der Waals surface area contributed by atoms with E-state index in [0.717, 1.165) is 0 Å². The van der Waals surface area contributed by atoms with E-state index in [1.54, 1.807) is 13.8 Å². The number of aliphatic carboxylic acids is 1. The monoisotopic (exact) mass is 565 g/mol. The van der Waals surface area contributed by atoms with Crippen LogP contribution in [0.5, 0.6) is 0 Å². The lowest BCUT2D eigenvalue weighted by Crippen LogP contribution is -2.61. The number of rotatable bonds is 14. The Hall–Kier alpha value is -3.52. The number of hydrogen-bond acceptors (Lipinski definition) is 8. The van der Waals surface area contributed by atoms with Crippen molar-refractivity contribution in [1.29, 1.82) is 0 Å². The van der Waals surface area contributed by atoms with Gasteiger partial charge in [-0.05, 0) is 38.0 Å². The fraction of sp³-hybridized carbons (Fsp3) is 0.692. The smallest absolute Gasteiger partial charge is 0.326 e. The fourth-order valence-electron chi connectivity index (χ4n) is 4.49. The molecular weight excluding hydrogens is 522 g/mol. The third kappa shape index (κ3) is 9.01. The SMILES string of the molecule is CC(C)C[C@H](NC(=O)[C@@H](NC(=O)[C@@H]1CCCN1C(=O)[C@@H](N)C(C)C)[C@@H](C)O)C(=O)N[C@@H](Cc1cnc[nH]1)C(=O)O. The van der Waals surface area contributed by atoms with E-state index < -0.39 is 60.0 Å². The van der Waals surface area contributed by atoms with Crippen molar-refractivity contribution < 1.29 is 34.2 Å². The average Bonchev–Trinajstić information content (AvgIpc) is 3.57. The predicted octanol–water partition coefficient (Wildman–Crippen LogP) is -1.11. The number of nitrogens with two attached hydrogens (primary N) is 1. The van der Waals surface area contributed by atoms with Gasteiger partial charge in [-0.25, -0.2) is 9.78 Å². The summed E-state index contributed by atoms with van der Waals surface area (Å²) in [7, 11) is 0. The second-order valence-electron chi connectivity index (χ2n) is 11.1. The maximum Gasteiger partial charge on any atom is 0.326 e. The van der Waals surface area contributed by atoms with Gasteiger partial charge in [-0.15, -0.1) is 0 Å². The lowest BCUT2D eigenvalue weighted by atomic mass is 10.0. The summed E-state index contributed by atoms with van der Waals surface area (Å²) < 4.78 is 0. The molecule has 1 fully saturated rings. The molecule has 0 aliphatic carbocycles. The van der Waals surface area contributed by atoms with Gasteiger partial charge < -0.3 is 41.8 Å². The molecule has 0 spiro atoms. The van der Waals surface area contributed by atoms with Crippen LogP contribution in [0.2, 0.25) is 0 Å². The van der Waals surface area contributed by atoms with Gasteiger partial charge in [0.1, 0.15) is 24.2 Å². The minimum absolute atomic E-state index is 0.0488. The number of nitrogens with one attached hydrogen (secondary N) is 4. The molecule has 4 amide bonds. The zero-order chi connectivity index (χ0) is 30.1. The molecule has 40 heavy (non-hydrogen) atoms. The van der Waals surface area contributed by atoms with E-state index in [0.29, 0.717) is 25.1 Å². The number of imidazole rings is 1. The molecule has 8 N–H and O–H groups in total. The van der Waals surface area contributed by atoms with Crippen LogP contribution in [-0.2, 0) is 30.4 Å². The van der Waals surface area contributed by atoms with Crippen LogP contribution in [0.3, 0.4) is 0 Å². The van der Waals surface area contributed by atoms with E-state index >= 15 is 0 Å². The summed E-state index contributed by atoms with van der Waals surface area (Å²) in [5, 5.41) is 27.5. The molecule has 1 aromatic heterocycles. The second-order valence-corrected chi connectivity index (χ2v) is 11.1. The van der Waals surface area contributed by atoms with Crippen molar-refractivity contribution in [2.24, 2.45) is 17.6 Å². The number of carboxylic acids is 1. The summed E-state index contributed by atoms with van der Waals surface area (Å²) in [6.45, 7) is 8.94. The zero-order valence-electron chi connectivity index (χ0n) is 23.7. The number of carbonyl (C=O) groups is 5. The molecule has 14 heteroatoms. The summed E-state index contributed by atoms with van der Waals surface area (Å²) in [6.07, 6.45) is 2.59. The number of aromatic nitrogens is 2. The number of carboxylic acid groups (broad SMARTS) is 1. The third-order valence-electron chi connectivity index (χ3n) is 6.84. The van der Waals surface area contributed by atoms with Gasteiger partial charge in [-0.2, -0.15) is 0 Å². The molecular formula is C26H43N7O7. The Bertz CT molecular complexity index is 1030. The first-order valence-electron chi connectivity index (χ1n) is 13.6. The molecule has 0 unspecified atom stereocenters. The first-order chi connectivity index (χ1) is 18.7. The number of aliphatic hydroxyl groups is 1. The zero-order valence-corrected chi connectivity index (χ0v) is 23.7. The van der Waals surface area contributed by atoms with E-state index in [1.807, 2.05) is 13.8 Å². The Labute approximate surface area is 233 Å². The average molecular weight is 566 g/mol. The highest BCUT2D eigenvalue weighted by Crippen LogP contribution is 2.20. The van der Waals surface area contributed by atoms with E-state index in [4.69, 9.17) is 5.73 Å². The van der Waals surface area contributed by atoms with Crippen LogP contribution in [0.1, 0.15) is 59.6 Å². The van der Waals surface area contributed by atoms with Crippen LogP contribution >= 0.6 is 0 Å². The number of hydrogen-bond donors (Lipinski definition) is 7. The number of H-pyrrole nitrogens is 1. The topological polar surface area (TPSA) is 220 Å². The summed E-state index contributed by atoms with van der Waals surface area (Å²) in [5.74, 6) is -3.97. The van der Waals surface area contributed by atoms with E-state index in [9.17, 15) is 34.2 Å². The van der Waals surface area contributed by atoms with Crippen LogP contribution in [-0.4, -0.2) is 97.5 Å². The fourth-order valence-corrected chi connectivity index (χ4v) is 4.49. The number of likely N-dealkylation sites (tertiary alicyclic amines) is 1. The Morgan fingerprint density at radius 1 is 1.07 bits per heavy atom. The van der Waals surface area contributed by atoms with Crippen molar-refractivity contribution in [2.45, 2.75) is 96.6 Å². The van der Waals surface area contributed by atoms with Crippen LogP contribution in [0.25, 0.3) is 0 Å². The molecule has 14 nitrogen and oxygen atoms in total. The molecule has 0 aromatic carbocycles. The first kappa shape index (κ1) is 32.7. The van der Waals surface area contributed by atoms with Crippen LogP contribution in [0.15, 0.2) is 12.5 Å². The Morgan fingerprint density at radius 3 is 2.25 bits per heavy atom. The summed E-state index contributed by atoms with van der Waals surface area (Å²) >= 11 is 0. The van der Waals surface area contributed by atoms with E-state index in [1.165, 1.54) is 24.3 Å². The Morgan fingerprint density at radius 2 is 1.73 bits per heavy atom. The van der Waals surface area contributed by atoms with E-state index in [-0.39, 0.29) is 30.6 Å². The van der Waals surface area contributed by atoms with Gasteiger partial charge in [0.25, 0.3) is 0 Å². The van der Waals surface area contributed by atoms with Crippen LogP contribution < -0.4 is 21.7 Å². The first-order valence-corrected chi connectivity index (χ1v) is 13.6. The highest BCUT2D eigenvalue weighted by molar-refractivity contribution is 5.96. The molecule has 224 valence electrons. The van der Waals surface area contributed by atoms with Gasteiger partial charge in [0.2, 0.25) is 23.6 Å². The lowest BCUT2D eigenvalue weighted by Gasteiger charge is -2.30. The molecule has 0 radical (unpaired) electrons. The molecule has 1 aliphatic rings. The second kappa shape index (κ2) is 14.7. The summed E-state index contributed by atoms with van der Waals surface area (Å²) in [4.78, 5) is 72.1. The highest BCUT2D eigenvalue weighted by atomic mass is 16.4. The number of nitrogens with zero attached hydrogens (tertiary/aromatic N) is 2. The number of carbonyl (C=O) groups excluding carboxylic acids is 4. The van der Waals surface area contributed by atoms with Gasteiger partial charge >= 0.3 is 5.97 Å². The van der Waals surface area contributed by atoms with Crippen molar-refractivity contribution >= 4 is 29.6 Å². The van der Waals surface area contributed by atoms with Crippen molar-refractivity contribution in [3.8, 4) is 0 Å². The minimum atomic E-state index is -1.42. The molecule has 6 atom stereocenters. The number of aromatic amines is 1. The molecule has 1 saturated heterocycles. The van der Waals surface area contributed by atoms with Crippen molar-refractivity contribution in [1.82, 2.24) is 30.8 Å². The van der Waals surface area contributed by atoms with E-state index in [2.05, 4.69) is 25.9 Å². The quantitative estimate of drug-likeness (QED) is 0.145. The number of amides is 4. The molecule has 0 bridgehead atoms. The molecule has 1 aliphatic heterocycles. The maximum atomic E-state index is 13.2. The summed E-state index contributed by atoms with van der Waals surface area (Å²) in [5.41, 5.74) is 6.51. The van der Waals surface area contributed by atoms with Gasteiger partial charge in [-0.3, -0.25) is 19.2 Å². The van der Waals surface area contributed by atoms with Gasteiger partial charge in [0, 0.05) is 24.9 Å². The van der Waals surface area contributed by atoms with Crippen molar-refractivity contribution in [3.05, 3.63) is 18.2 Å². The van der Waals surface area contributed by atoms with Crippen molar-refractivity contribution in [3.63, 3.8) is 0 Å². The van der Waals surface area contributed by atoms with Gasteiger partial charge in [-0.1, -0.05) is 27.7 Å². The molecule has 1 aromatic rings. The minimum Gasteiger partial charge on any atom is -0.480 e. The summed E-state index contributed by atoms with van der Waals surface area (Å²) in [6, 6.07) is -5.47. The highest BCUT2D eigenvalue weighted by Gasteiger charge is 2.39. The Kier molecular flexibility index (Phi) is 12.1. The molecule has 0 saturated carbocycles. The molecule has 2 heterocycles. The number of aliphatic hydroxyl groups excluding tert-OH is 1. The lowest BCUT2D eigenvalue weighted by molar-refractivity contribution is -0.142. The van der Waals surface area contributed by atoms with Crippen LogP contribution in [0.4, 0.5) is 0 Å². The normalized spacial score (nSPS) is 19.0. The molecule has 2 rings (SSSR count). The maximum absolute atomic E-state index is 13.2. The largest absolute Gasteiger partial charge is 0.480 e. The third-order valence-corrected chi connectivity index (χ3v) is 6.84.